The van der Waals surface area contributed by atoms with Crippen LogP contribution in [-0.2, 0) is 59.2 Å². The van der Waals surface area contributed by atoms with E-state index < -0.39 is 0 Å². The fourth-order valence-electron chi connectivity index (χ4n) is 11.2. The molecule has 68 heavy (non-hydrogen) atoms. The van der Waals surface area contributed by atoms with Crippen LogP contribution in [0.15, 0.2) is 84.3 Å². The van der Waals surface area contributed by atoms with Gasteiger partial charge in [0.1, 0.15) is 5.54 Å². The lowest BCUT2D eigenvalue weighted by atomic mass is 9.58. The number of ether oxygens (including phenoxy) is 4. The Hall–Kier alpha value is -4.63. The Morgan fingerprint density at radius 3 is 2.00 bits per heavy atom. The van der Waals surface area contributed by atoms with Crippen LogP contribution in [0.3, 0.4) is 0 Å². The Labute approximate surface area is 407 Å². The topological polar surface area (TPSA) is 71.0 Å². The summed E-state index contributed by atoms with van der Waals surface area (Å²) in [5.74, 6) is 1.97. The predicted molar refractivity (Wildman–Crippen MR) is 279 cm³/mol. The quantitative estimate of drug-likeness (QED) is 0.0711. The van der Waals surface area contributed by atoms with Crippen molar-refractivity contribution >= 4 is 27.6 Å². The minimum Gasteiger partial charge on any atom is -0.501 e. The molecular weight excluding hydrogens is 841 g/mol. The Bertz CT molecular complexity index is 2830. The van der Waals surface area contributed by atoms with E-state index in [1.54, 1.807) is 7.11 Å². The molecule has 3 unspecified atom stereocenters. The zero-order chi connectivity index (χ0) is 49.2. The second-order valence-corrected chi connectivity index (χ2v) is 23.7. The van der Waals surface area contributed by atoms with Crippen LogP contribution >= 0.6 is 0 Å². The van der Waals surface area contributed by atoms with Crippen molar-refractivity contribution in [3.8, 4) is 11.1 Å². The number of pyridine rings is 1. The summed E-state index contributed by atoms with van der Waals surface area (Å²) in [6, 6.07) is 25.0. The van der Waals surface area contributed by atoms with Gasteiger partial charge in [-0.3, -0.25) is 4.98 Å². The number of benzene rings is 3. The molecule has 2 aliphatic rings. The first-order valence-electron chi connectivity index (χ1n) is 25.5. The molecule has 1 fully saturated rings. The first kappa shape index (κ1) is 49.8. The van der Waals surface area contributed by atoms with Crippen LogP contribution in [0.4, 0.5) is 0 Å². The molecule has 0 bridgehead atoms. The molecule has 3 aromatic carbocycles. The van der Waals surface area contributed by atoms with E-state index in [1.165, 1.54) is 49.9 Å². The molecule has 0 amide bonds. The molecule has 0 saturated carbocycles. The molecule has 364 valence electrons. The highest BCUT2D eigenvalue weighted by molar-refractivity contribution is 5.98. The number of allylic oxidation sites excluding steroid dienone is 1. The van der Waals surface area contributed by atoms with Gasteiger partial charge in [-0.05, 0) is 103 Å². The Balaban J connectivity index is 1.11. The maximum Gasteiger partial charge on any atom is 0.299 e. The highest BCUT2D eigenvalue weighted by atomic mass is 16.5. The predicted octanol–water partition coefficient (Wildman–Crippen LogP) is 13.6. The van der Waals surface area contributed by atoms with Gasteiger partial charge in [0.2, 0.25) is 5.82 Å². The molecule has 0 aliphatic carbocycles. The smallest absolute Gasteiger partial charge is 0.299 e. The molecule has 0 radical (unpaired) electrons. The van der Waals surface area contributed by atoms with Gasteiger partial charge in [0.05, 0.1) is 68.2 Å². The summed E-state index contributed by atoms with van der Waals surface area (Å²) >= 11 is 0. The highest BCUT2D eigenvalue weighted by Crippen LogP contribution is 2.53. The van der Waals surface area contributed by atoms with Crippen LogP contribution in [0.25, 0.3) is 38.7 Å². The van der Waals surface area contributed by atoms with E-state index in [4.69, 9.17) is 28.9 Å². The lowest BCUT2D eigenvalue weighted by Gasteiger charge is -2.49. The molecule has 3 atom stereocenters. The minimum absolute atomic E-state index is 0.0711. The van der Waals surface area contributed by atoms with Gasteiger partial charge >= 0.3 is 0 Å². The third-order valence-corrected chi connectivity index (χ3v) is 16.2. The fraction of sp³-hybridized carbons (Fsp3) is 0.550. The third kappa shape index (κ3) is 8.70. The van der Waals surface area contributed by atoms with E-state index >= 15 is 0 Å². The van der Waals surface area contributed by atoms with E-state index in [-0.39, 0.29) is 38.7 Å². The van der Waals surface area contributed by atoms with Gasteiger partial charge in [0.25, 0.3) is 5.65 Å². The van der Waals surface area contributed by atoms with Gasteiger partial charge in [0.15, 0.2) is 11.0 Å². The number of fused-ring (bicyclic) bond motifs is 3. The molecule has 0 N–H and O–H groups in total. The Morgan fingerprint density at radius 2 is 1.47 bits per heavy atom. The third-order valence-electron chi connectivity index (χ3n) is 16.2. The molecule has 6 aromatic rings. The Morgan fingerprint density at radius 1 is 0.824 bits per heavy atom. The summed E-state index contributed by atoms with van der Waals surface area (Å²) in [5, 5.41) is 1.25. The summed E-state index contributed by atoms with van der Waals surface area (Å²) in [7, 11) is 1.77. The molecule has 3 aromatic heterocycles. The van der Waals surface area contributed by atoms with Gasteiger partial charge in [-0.1, -0.05) is 138 Å². The minimum atomic E-state index is -0.314. The van der Waals surface area contributed by atoms with E-state index in [0.29, 0.717) is 13.2 Å². The van der Waals surface area contributed by atoms with Gasteiger partial charge in [-0.2, -0.15) is 4.40 Å². The fourth-order valence-corrected chi connectivity index (χ4v) is 11.2. The van der Waals surface area contributed by atoms with Gasteiger partial charge in [-0.25, -0.2) is 9.55 Å². The molecule has 1 saturated heterocycles. The molecule has 8 rings (SSSR count). The first-order valence-corrected chi connectivity index (χ1v) is 25.5. The summed E-state index contributed by atoms with van der Waals surface area (Å²) in [5.41, 5.74) is 13.6. The van der Waals surface area contributed by atoms with Gasteiger partial charge < -0.3 is 18.9 Å². The van der Waals surface area contributed by atoms with Crippen molar-refractivity contribution in [3.63, 3.8) is 0 Å². The molecule has 8 heteroatoms. The summed E-state index contributed by atoms with van der Waals surface area (Å²) in [4.78, 5) is 10.8. The molecule has 5 heterocycles. The average molecular weight is 922 g/mol. The average Bonchev–Trinajstić information content (AvgIpc) is 3.64. The van der Waals surface area contributed by atoms with Crippen molar-refractivity contribution in [2.75, 3.05) is 33.5 Å². The maximum absolute atomic E-state index is 7.09. The van der Waals surface area contributed by atoms with Crippen LogP contribution < -0.4 is 4.57 Å². The van der Waals surface area contributed by atoms with Crippen molar-refractivity contribution in [3.05, 3.63) is 118 Å². The van der Waals surface area contributed by atoms with E-state index in [1.807, 2.05) is 0 Å². The normalized spacial score (nSPS) is 20.3. The van der Waals surface area contributed by atoms with E-state index in [9.17, 15) is 0 Å². The molecule has 0 spiro atoms. The van der Waals surface area contributed by atoms with Crippen LogP contribution in [-0.4, -0.2) is 54.0 Å². The van der Waals surface area contributed by atoms with Gasteiger partial charge in [0, 0.05) is 34.3 Å². The lowest BCUT2D eigenvalue weighted by molar-refractivity contribution is -0.729. The van der Waals surface area contributed by atoms with Crippen molar-refractivity contribution in [1.82, 2.24) is 14.4 Å². The van der Waals surface area contributed by atoms with Gasteiger partial charge in [-0.15, -0.1) is 0 Å². The standard InChI is InChI=1S/C60H81N4O4/c1-17-58(15)60(19-3,47-31-45(55(6,7)8)32-48-52(47)53-63(54(62-48)57(12,13)14)50-34-61-51(56(9,10)11)33-49(50)64(53)58)28-29-68-40(5)46(39(4)65-16)30-41-20-24-43(25-21-41)44-26-22-42(23-27-44)35-66-36-59(18-2)37-67-38-59/h20-27,31-34,40H,17-19,28-30,35-38H2,1-16H3/q+1. The number of hydrogen-bond acceptors (Lipinski definition) is 6. The number of methoxy groups -OCH3 is 1. The first-order chi connectivity index (χ1) is 32.0. The number of hydrogen-bond donors (Lipinski definition) is 0. The van der Waals surface area contributed by atoms with E-state index in [2.05, 4.69) is 186 Å². The van der Waals surface area contributed by atoms with Crippen molar-refractivity contribution in [2.24, 2.45) is 5.41 Å². The maximum atomic E-state index is 7.09. The summed E-state index contributed by atoms with van der Waals surface area (Å²) in [6.45, 7) is 38.0. The van der Waals surface area contributed by atoms with Crippen LogP contribution in [0.1, 0.15) is 163 Å². The van der Waals surface area contributed by atoms with Crippen LogP contribution in [0.2, 0.25) is 0 Å². The molecular formula is C60H81N4O4+. The Kier molecular flexibility index (Phi) is 13.4. The monoisotopic (exact) mass is 922 g/mol. The van der Waals surface area contributed by atoms with Crippen molar-refractivity contribution in [2.45, 2.75) is 176 Å². The highest BCUT2D eigenvalue weighted by Gasteiger charge is 2.58. The zero-order valence-corrected chi connectivity index (χ0v) is 44.5. The van der Waals surface area contributed by atoms with Crippen molar-refractivity contribution < 1.29 is 23.5 Å². The van der Waals surface area contributed by atoms with Crippen LogP contribution in [0, 0.1) is 5.41 Å². The largest absolute Gasteiger partial charge is 0.501 e. The summed E-state index contributed by atoms with van der Waals surface area (Å²) in [6.07, 6.45) is 6.52. The molecule has 8 nitrogen and oxygen atoms in total. The second-order valence-electron chi connectivity index (χ2n) is 23.7. The lowest BCUT2D eigenvalue weighted by Crippen LogP contribution is -2.67. The zero-order valence-electron chi connectivity index (χ0n) is 44.5. The summed E-state index contributed by atoms with van der Waals surface area (Å²) < 4.78 is 29.8. The molecule has 2 aliphatic heterocycles. The van der Waals surface area contributed by atoms with Crippen LogP contribution in [0.5, 0.6) is 0 Å². The number of rotatable bonds is 16. The number of imidazole rings is 1. The van der Waals surface area contributed by atoms with E-state index in [0.717, 1.165) is 85.8 Å². The number of aromatic nitrogens is 4. The second kappa shape index (κ2) is 18.3. The van der Waals surface area contributed by atoms with Crippen molar-refractivity contribution in [1.29, 1.82) is 0 Å². The number of nitrogens with zero attached hydrogens (tertiary/aromatic N) is 4. The SMILES string of the molecule is CCC1(COCc2ccc(-c3ccc(CC(=C(C)OC)C(C)OCCC4(CC)c5cc(C(C)(C)C)cc6nc(C(C)(C)C)n7c8cnc(C(C)(C)C)cc8[n+](c7c56)C4(C)CC)cc3)cc2)COC1.